The molecular formula is C30H23ClF3N3O3S. The summed E-state index contributed by atoms with van der Waals surface area (Å²) in [4.78, 5) is 26.0. The summed E-state index contributed by atoms with van der Waals surface area (Å²) in [5.41, 5.74) is 1.37. The van der Waals surface area contributed by atoms with Gasteiger partial charge in [0, 0.05) is 16.4 Å². The lowest BCUT2D eigenvalue weighted by atomic mass is 9.82. The molecule has 0 bridgehead atoms. The van der Waals surface area contributed by atoms with Crippen LogP contribution in [0.25, 0.3) is 0 Å². The summed E-state index contributed by atoms with van der Waals surface area (Å²) in [6.07, 6.45) is -4.55. The number of thioether (sulfide) groups is 1. The van der Waals surface area contributed by atoms with Gasteiger partial charge in [0.25, 0.3) is 0 Å². The summed E-state index contributed by atoms with van der Waals surface area (Å²) in [6, 6.07) is 22.3. The third kappa shape index (κ3) is 7.51. The number of hydrogen-bond acceptors (Lipinski definition) is 6. The maximum absolute atomic E-state index is 13.3. The molecule has 6 nitrogen and oxygen atoms in total. The van der Waals surface area contributed by atoms with Crippen LogP contribution in [0.1, 0.15) is 29.5 Å². The number of amides is 1. The highest BCUT2D eigenvalue weighted by molar-refractivity contribution is 8.03. The molecule has 0 unspecified atom stereocenters. The number of nitriles is 1. The van der Waals surface area contributed by atoms with Gasteiger partial charge < -0.3 is 15.4 Å². The zero-order chi connectivity index (χ0) is 29.6. The lowest BCUT2D eigenvalue weighted by molar-refractivity contribution is -0.140. The molecule has 1 heterocycles. The number of allylic oxidation sites excluding steroid dienone is 2. The Morgan fingerprint density at radius 3 is 2.44 bits per heavy atom. The van der Waals surface area contributed by atoms with E-state index in [1.54, 1.807) is 31.2 Å². The van der Waals surface area contributed by atoms with Crippen LogP contribution in [0, 0.1) is 11.3 Å². The van der Waals surface area contributed by atoms with E-state index in [-0.39, 0.29) is 29.2 Å². The number of rotatable bonds is 8. The van der Waals surface area contributed by atoms with Gasteiger partial charge in [-0.05, 0) is 48.4 Å². The van der Waals surface area contributed by atoms with Gasteiger partial charge >= 0.3 is 12.1 Å². The smallest absolute Gasteiger partial charge is 0.416 e. The van der Waals surface area contributed by atoms with Crippen LogP contribution in [0.5, 0.6) is 0 Å². The first-order valence-corrected chi connectivity index (χ1v) is 13.6. The van der Waals surface area contributed by atoms with E-state index in [0.29, 0.717) is 21.3 Å². The van der Waals surface area contributed by atoms with E-state index in [2.05, 4.69) is 16.7 Å². The minimum Gasteiger partial charge on any atom is -0.457 e. The van der Waals surface area contributed by atoms with E-state index in [1.807, 2.05) is 30.3 Å². The van der Waals surface area contributed by atoms with Gasteiger partial charge in [0.2, 0.25) is 5.91 Å². The van der Waals surface area contributed by atoms with E-state index >= 15 is 0 Å². The Balaban J connectivity index is 1.57. The number of dihydropyridines is 1. The second kappa shape index (κ2) is 13.0. The van der Waals surface area contributed by atoms with Crippen molar-refractivity contribution in [1.29, 1.82) is 5.26 Å². The third-order valence-electron chi connectivity index (χ3n) is 6.10. The number of nitrogens with zero attached hydrogens (tertiary/aromatic N) is 1. The Morgan fingerprint density at radius 1 is 1.07 bits per heavy atom. The zero-order valence-electron chi connectivity index (χ0n) is 21.6. The fourth-order valence-corrected chi connectivity index (χ4v) is 5.21. The van der Waals surface area contributed by atoms with E-state index in [0.717, 1.165) is 29.5 Å². The molecule has 0 saturated heterocycles. The van der Waals surface area contributed by atoms with Crippen molar-refractivity contribution in [2.75, 3.05) is 11.1 Å². The molecule has 0 saturated carbocycles. The number of halogens is 4. The van der Waals surface area contributed by atoms with Crippen LogP contribution in [0.2, 0.25) is 5.02 Å². The van der Waals surface area contributed by atoms with Crippen molar-refractivity contribution in [3.05, 3.63) is 122 Å². The number of esters is 1. The number of alkyl halides is 3. The zero-order valence-corrected chi connectivity index (χ0v) is 23.2. The van der Waals surface area contributed by atoms with Gasteiger partial charge in [-0.3, -0.25) is 4.79 Å². The minimum atomic E-state index is -4.55. The van der Waals surface area contributed by atoms with Crippen molar-refractivity contribution in [3.63, 3.8) is 0 Å². The number of nitrogens with one attached hydrogen (secondary N) is 2. The van der Waals surface area contributed by atoms with Crippen LogP contribution >= 0.6 is 23.4 Å². The third-order valence-corrected chi connectivity index (χ3v) is 7.37. The van der Waals surface area contributed by atoms with Crippen LogP contribution in [0.3, 0.4) is 0 Å². The number of benzene rings is 3. The van der Waals surface area contributed by atoms with Crippen LogP contribution in [-0.2, 0) is 27.1 Å². The molecule has 1 amide bonds. The van der Waals surface area contributed by atoms with Crippen molar-refractivity contribution < 1.29 is 27.5 Å². The lowest BCUT2D eigenvalue weighted by Crippen LogP contribution is -2.29. The van der Waals surface area contributed by atoms with Gasteiger partial charge in [-0.15, -0.1) is 0 Å². The van der Waals surface area contributed by atoms with Crippen LogP contribution in [0.15, 0.2) is 101 Å². The highest BCUT2D eigenvalue weighted by Gasteiger charge is 2.36. The van der Waals surface area contributed by atoms with Crippen molar-refractivity contribution in [2.45, 2.75) is 25.6 Å². The monoisotopic (exact) mass is 597 g/mol. The molecule has 1 aliphatic heterocycles. The molecule has 0 aliphatic carbocycles. The van der Waals surface area contributed by atoms with Crippen molar-refractivity contribution >= 4 is 40.9 Å². The molecular weight excluding hydrogens is 575 g/mol. The van der Waals surface area contributed by atoms with E-state index in [1.165, 1.54) is 12.1 Å². The summed E-state index contributed by atoms with van der Waals surface area (Å²) in [7, 11) is 0. The summed E-state index contributed by atoms with van der Waals surface area (Å²) in [5.74, 6) is -2.20. The number of hydrogen-bond donors (Lipinski definition) is 2. The van der Waals surface area contributed by atoms with Crippen LogP contribution in [-0.4, -0.2) is 17.6 Å². The SMILES string of the molecule is CC1=C(C(=O)OCc2ccccc2)[C@@H](c2ccc(Cl)cc2)C(C#N)=C(SCC(=O)Nc2cccc(C(F)(F)F)c2)N1. The van der Waals surface area contributed by atoms with Gasteiger partial charge in [-0.1, -0.05) is 71.9 Å². The largest absolute Gasteiger partial charge is 0.457 e. The summed E-state index contributed by atoms with van der Waals surface area (Å²) < 4.78 is 44.7. The van der Waals surface area contributed by atoms with Crippen molar-refractivity contribution in [2.24, 2.45) is 0 Å². The minimum absolute atomic E-state index is 0.00456. The summed E-state index contributed by atoms with van der Waals surface area (Å²) in [6.45, 7) is 1.70. The Labute approximate surface area is 243 Å². The first-order valence-electron chi connectivity index (χ1n) is 12.2. The van der Waals surface area contributed by atoms with Gasteiger partial charge in [-0.2, -0.15) is 18.4 Å². The molecule has 3 aromatic rings. The molecule has 0 aromatic heterocycles. The Bertz CT molecular complexity index is 1550. The molecule has 210 valence electrons. The number of carbonyl (C=O) groups is 2. The highest BCUT2D eigenvalue weighted by Crippen LogP contribution is 2.41. The number of anilines is 1. The maximum Gasteiger partial charge on any atom is 0.416 e. The van der Waals surface area contributed by atoms with E-state index in [4.69, 9.17) is 16.3 Å². The lowest BCUT2D eigenvalue weighted by Gasteiger charge is -2.29. The normalized spacial score (nSPS) is 15.2. The average Bonchev–Trinajstić information content (AvgIpc) is 2.95. The quantitative estimate of drug-likeness (QED) is 0.268. The Morgan fingerprint density at radius 2 is 1.78 bits per heavy atom. The second-order valence-corrected chi connectivity index (χ2v) is 10.4. The van der Waals surface area contributed by atoms with Gasteiger partial charge in [0.1, 0.15) is 6.61 Å². The molecule has 0 fully saturated rings. The van der Waals surface area contributed by atoms with Crippen LogP contribution in [0.4, 0.5) is 18.9 Å². The maximum atomic E-state index is 13.3. The molecule has 0 spiro atoms. The standard InChI is InChI=1S/C30H23ClF3N3O3S/c1-18-26(29(39)40-16-19-6-3-2-4-7-19)27(20-10-12-22(31)13-11-20)24(15-35)28(36-18)41-17-25(38)37-23-9-5-8-21(14-23)30(32,33)34/h2-14,27,36H,16-17H2,1H3,(H,37,38)/t27-/m0/s1. The molecule has 3 aromatic carbocycles. The van der Waals surface area contributed by atoms with Crippen molar-refractivity contribution in [1.82, 2.24) is 5.32 Å². The summed E-state index contributed by atoms with van der Waals surface area (Å²) in [5, 5.41) is 16.5. The molecule has 0 radical (unpaired) electrons. The number of ether oxygens (including phenoxy) is 1. The second-order valence-electron chi connectivity index (χ2n) is 8.98. The molecule has 2 N–H and O–H groups in total. The van der Waals surface area contributed by atoms with Gasteiger partial charge in [-0.25, -0.2) is 4.79 Å². The van der Waals surface area contributed by atoms with E-state index in [9.17, 15) is 28.0 Å². The molecule has 41 heavy (non-hydrogen) atoms. The topological polar surface area (TPSA) is 91.2 Å². The van der Waals surface area contributed by atoms with Gasteiger partial charge in [0.05, 0.1) is 39.5 Å². The van der Waals surface area contributed by atoms with E-state index < -0.39 is 29.5 Å². The molecule has 1 atom stereocenters. The Hall–Kier alpha value is -4.20. The summed E-state index contributed by atoms with van der Waals surface area (Å²) >= 11 is 7.07. The average molecular weight is 598 g/mol. The molecule has 1 aliphatic rings. The first-order chi connectivity index (χ1) is 19.6. The fraction of sp³-hybridized carbons (Fsp3) is 0.167. The fourth-order valence-electron chi connectivity index (χ4n) is 4.19. The number of carbonyl (C=O) groups excluding carboxylic acids is 2. The predicted octanol–water partition coefficient (Wildman–Crippen LogP) is 7.17. The highest BCUT2D eigenvalue weighted by atomic mass is 35.5. The van der Waals surface area contributed by atoms with Crippen LogP contribution < -0.4 is 10.6 Å². The molecule has 11 heteroatoms. The van der Waals surface area contributed by atoms with Gasteiger partial charge in [0.15, 0.2) is 0 Å². The molecule has 4 rings (SSSR count). The first kappa shape index (κ1) is 29.8. The Kier molecular flexibility index (Phi) is 9.42. The predicted molar refractivity (Wildman–Crippen MR) is 151 cm³/mol. The van der Waals surface area contributed by atoms with Crippen molar-refractivity contribution in [3.8, 4) is 6.07 Å².